The Kier molecular flexibility index (Phi) is 5.79. The molecule has 1 aliphatic heterocycles. The molecular formula is C34H24N2O2S. The zero-order valence-corrected chi connectivity index (χ0v) is 21.9. The summed E-state index contributed by atoms with van der Waals surface area (Å²) in [5.41, 5.74) is 4.22. The Bertz CT molecular complexity index is 1940. The van der Waals surface area contributed by atoms with Gasteiger partial charge in [0.2, 0.25) is 0 Å². The monoisotopic (exact) mass is 524 g/mol. The second-order valence-electron chi connectivity index (χ2n) is 9.77. The molecule has 5 heteroatoms. The highest BCUT2D eigenvalue weighted by Gasteiger charge is 2.35. The van der Waals surface area contributed by atoms with Crippen molar-refractivity contribution in [3.8, 4) is 0 Å². The molecule has 0 unspecified atom stereocenters. The fraction of sp³-hybridized carbons (Fsp3) is 0.0588. The van der Waals surface area contributed by atoms with Crippen LogP contribution >= 0.6 is 11.8 Å². The molecule has 7 rings (SSSR count). The van der Waals surface area contributed by atoms with Crippen LogP contribution in [0.3, 0.4) is 0 Å². The van der Waals surface area contributed by atoms with E-state index < -0.39 is 0 Å². The minimum absolute atomic E-state index is 0.237. The molecular weight excluding hydrogens is 500 g/mol. The first-order valence-electron chi connectivity index (χ1n) is 12.9. The second-order valence-corrected chi connectivity index (χ2v) is 10.8. The highest BCUT2D eigenvalue weighted by molar-refractivity contribution is 8.18. The predicted octanol–water partition coefficient (Wildman–Crippen LogP) is 8.23. The zero-order chi connectivity index (χ0) is 26.3. The van der Waals surface area contributed by atoms with Crippen LogP contribution < -0.4 is 0 Å². The smallest absolute Gasteiger partial charge is 0.293 e. The van der Waals surface area contributed by atoms with E-state index in [2.05, 4.69) is 65.4 Å². The first kappa shape index (κ1) is 23.5. The molecule has 188 valence electrons. The van der Waals surface area contributed by atoms with Gasteiger partial charge in [0.15, 0.2) is 0 Å². The molecule has 4 nitrogen and oxygen atoms in total. The standard InChI is InChI=1S/C34H24N2O2S/c37-33-32(39-34(38)36(33)22-26-14-8-12-24-10-2-4-16-29(24)26)19-27-21-35(31-18-6-5-17-30(27)31)20-25-13-7-11-23-9-1-3-15-28(23)25/h1-19,21H,20,22H2/b32-19-. The third-order valence-electron chi connectivity index (χ3n) is 7.41. The Morgan fingerprint density at radius 2 is 1.18 bits per heavy atom. The van der Waals surface area contributed by atoms with Gasteiger partial charge >= 0.3 is 0 Å². The maximum absolute atomic E-state index is 13.5. The van der Waals surface area contributed by atoms with Gasteiger partial charge < -0.3 is 4.57 Å². The number of amides is 2. The lowest BCUT2D eigenvalue weighted by Gasteiger charge is -2.14. The maximum atomic E-state index is 13.5. The number of carbonyl (C=O) groups excluding carboxylic acids is 2. The van der Waals surface area contributed by atoms with Crippen LogP contribution in [0.25, 0.3) is 38.5 Å². The van der Waals surface area contributed by atoms with Crippen molar-refractivity contribution in [2.45, 2.75) is 13.1 Å². The van der Waals surface area contributed by atoms with Gasteiger partial charge in [-0.15, -0.1) is 0 Å². The molecule has 0 bridgehead atoms. The van der Waals surface area contributed by atoms with E-state index in [1.165, 1.54) is 21.2 Å². The summed E-state index contributed by atoms with van der Waals surface area (Å²) < 4.78 is 2.23. The van der Waals surface area contributed by atoms with Crippen molar-refractivity contribution in [3.63, 3.8) is 0 Å². The van der Waals surface area contributed by atoms with Gasteiger partial charge in [-0.2, -0.15) is 0 Å². The van der Waals surface area contributed by atoms with Crippen LogP contribution in [0.2, 0.25) is 0 Å². The van der Waals surface area contributed by atoms with Crippen molar-refractivity contribution in [2.75, 3.05) is 0 Å². The van der Waals surface area contributed by atoms with Crippen LogP contribution in [0, 0.1) is 0 Å². The molecule has 0 radical (unpaired) electrons. The largest absolute Gasteiger partial charge is 0.342 e. The van der Waals surface area contributed by atoms with Crippen LogP contribution in [-0.2, 0) is 17.9 Å². The average Bonchev–Trinajstić information content (AvgIpc) is 3.45. The number of hydrogen-bond donors (Lipinski definition) is 0. The molecule has 0 N–H and O–H groups in total. The van der Waals surface area contributed by atoms with Gasteiger partial charge in [0.25, 0.3) is 11.1 Å². The first-order chi connectivity index (χ1) is 19.2. The molecule has 1 aromatic heterocycles. The summed E-state index contributed by atoms with van der Waals surface area (Å²) in [7, 11) is 0. The van der Waals surface area contributed by atoms with E-state index in [-0.39, 0.29) is 17.7 Å². The fourth-order valence-electron chi connectivity index (χ4n) is 5.51. The molecule has 0 saturated carbocycles. The molecule has 2 amide bonds. The fourth-order valence-corrected chi connectivity index (χ4v) is 6.34. The second kappa shape index (κ2) is 9.61. The van der Waals surface area contributed by atoms with Crippen molar-refractivity contribution >= 4 is 61.4 Å². The topological polar surface area (TPSA) is 42.3 Å². The van der Waals surface area contributed by atoms with E-state index in [1.54, 1.807) is 0 Å². The Morgan fingerprint density at radius 3 is 1.87 bits per heavy atom. The number of para-hydroxylation sites is 1. The summed E-state index contributed by atoms with van der Waals surface area (Å²) in [6.45, 7) is 0.963. The van der Waals surface area contributed by atoms with Gasteiger partial charge in [-0.3, -0.25) is 14.5 Å². The quantitative estimate of drug-likeness (QED) is 0.213. The number of thioether (sulfide) groups is 1. The van der Waals surface area contributed by atoms with Crippen LogP contribution in [-0.4, -0.2) is 20.6 Å². The predicted molar refractivity (Wildman–Crippen MR) is 160 cm³/mol. The third-order valence-corrected chi connectivity index (χ3v) is 8.32. The van der Waals surface area contributed by atoms with Crippen molar-refractivity contribution in [2.24, 2.45) is 0 Å². The Morgan fingerprint density at radius 1 is 0.615 bits per heavy atom. The van der Waals surface area contributed by atoms with Gasteiger partial charge in [-0.1, -0.05) is 103 Å². The third kappa shape index (κ3) is 4.21. The zero-order valence-electron chi connectivity index (χ0n) is 21.1. The number of fused-ring (bicyclic) bond motifs is 3. The Balaban J connectivity index is 1.23. The first-order valence-corrected chi connectivity index (χ1v) is 13.7. The van der Waals surface area contributed by atoms with E-state index in [0.29, 0.717) is 11.4 Å². The summed E-state index contributed by atoms with van der Waals surface area (Å²) in [5.74, 6) is -0.246. The van der Waals surface area contributed by atoms with E-state index in [0.717, 1.165) is 44.6 Å². The van der Waals surface area contributed by atoms with Crippen molar-refractivity contribution in [1.29, 1.82) is 0 Å². The molecule has 1 fully saturated rings. The van der Waals surface area contributed by atoms with Crippen LogP contribution in [0.4, 0.5) is 4.79 Å². The summed E-state index contributed by atoms with van der Waals surface area (Å²) in [4.78, 5) is 28.2. The lowest BCUT2D eigenvalue weighted by Crippen LogP contribution is -2.27. The van der Waals surface area contributed by atoms with Gasteiger partial charge in [-0.25, -0.2) is 0 Å². The molecule has 1 saturated heterocycles. The SMILES string of the molecule is O=C1S/C(=C\c2cn(Cc3cccc4ccccc34)c3ccccc23)C(=O)N1Cc1cccc2ccccc12. The molecule has 1 aliphatic rings. The molecule has 39 heavy (non-hydrogen) atoms. The minimum Gasteiger partial charge on any atom is -0.342 e. The van der Waals surface area contributed by atoms with E-state index in [9.17, 15) is 9.59 Å². The molecule has 0 aliphatic carbocycles. The summed E-state index contributed by atoms with van der Waals surface area (Å²) in [5, 5.41) is 5.41. The molecule has 5 aromatic carbocycles. The maximum Gasteiger partial charge on any atom is 0.293 e. The van der Waals surface area contributed by atoms with E-state index >= 15 is 0 Å². The van der Waals surface area contributed by atoms with Gasteiger partial charge in [0.05, 0.1) is 11.4 Å². The molecule has 6 aromatic rings. The van der Waals surface area contributed by atoms with Crippen molar-refractivity contribution < 1.29 is 9.59 Å². The minimum atomic E-state index is -0.246. The normalized spacial score (nSPS) is 14.9. The van der Waals surface area contributed by atoms with Crippen LogP contribution in [0.5, 0.6) is 0 Å². The van der Waals surface area contributed by atoms with Crippen LogP contribution in [0.15, 0.2) is 120 Å². The number of nitrogens with zero attached hydrogens (tertiary/aromatic N) is 2. The van der Waals surface area contributed by atoms with Crippen molar-refractivity contribution in [1.82, 2.24) is 9.47 Å². The highest BCUT2D eigenvalue weighted by atomic mass is 32.2. The van der Waals surface area contributed by atoms with E-state index in [4.69, 9.17) is 0 Å². The molecule has 2 heterocycles. The summed E-state index contributed by atoms with van der Waals surface area (Å²) in [6.07, 6.45) is 3.96. The number of imide groups is 1. The molecule has 0 spiro atoms. The van der Waals surface area contributed by atoms with Crippen molar-refractivity contribution in [3.05, 3.63) is 137 Å². The Hall–Kier alpha value is -4.61. The summed E-state index contributed by atoms with van der Waals surface area (Å²) in [6, 6.07) is 37.1. The molecule has 0 atom stereocenters. The number of benzene rings is 5. The van der Waals surface area contributed by atoms with Gasteiger partial charge in [0, 0.05) is 29.2 Å². The average molecular weight is 525 g/mol. The lowest BCUT2D eigenvalue weighted by atomic mass is 10.0. The highest BCUT2D eigenvalue weighted by Crippen LogP contribution is 2.36. The van der Waals surface area contributed by atoms with Gasteiger partial charge in [0.1, 0.15) is 0 Å². The number of rotatable bonds is 5. The Labute approximate surface area is 230 Å². The van der Waals surface area contributed by atoms with Crippen LogP contribution in [0.1, 0.15) is 16.7 Å². The summed E-state index contributed by atoms with van der Waals surface area (Å²) >= 11 is 1.01. The number of aromatic nitrogens is 1. The number of carbonyl (C=O) groups is 2. The number of hydrogen-bond acceptors (Lipinski definition) is 3. The van der Waals surface area contributed by atoms with Gasteiger partial charge in [-0.05, 0) is 56.6 Å². The van der Waals surface area contributed by atoms with E-state index in [1.807, 2.05) is 60.7 Å². The lowest BCUT2D eigenvalue weighted by molar-refractivity contribution is -0.123.